The zero-order chi connectivity index (χ0) is 8.43. The standard InChI is InChI=1S/C6H7NO4/c8-5-2-1-4(7(10)11)3-6(5)9/h1-3,7-10H. The van der Waals surface area contributed by atoms with Crippen LogP contribution in [0.4, 0.5) is 5.69 Å². The molecule has 0 heterocycles. The Bertz CT molecular complexity index is 261. The summed E-state index contributed by atoms with van der Waals surface area (Å²) in [6.07, 6.45) is 0. The van der Waals surface area contributed by atoms with Crippen LogP contribution < -0.4 is 5.23 Å². The molecule has 1 aromatic carbocycles. The number of benzene rings is 1. The van der Waals surface area contributed by atoms with Crippen LogP contribution in [0.5, 0.6) is 11.5 Å². The first-order valence-corrected chi connectivity index (χ1v) is 2.86. The zero-order valence-corrected chi connectivity index (χ0v) is 5.48. The van der Waals surface area contributed by atoms with Gasteiger partial charge in [-0.2, -0.15) is 5.23 Å². The first kappa shape index (κ1) is 7.80. The van der Waals surface area contributed by atoms with Gasteiger partial charge in [0, 0.05) is 12.1 Å². The van der Waals surface area contributed by atoms with Gasteiger partial charge in [-0.25, -0.2) is 5.21 Å². The van der Waals surface area contributed by atoms with Crippen molar-refractivity contribution in [3.63, 3.8) is 0 Å². The van der Waals surface area contributed by atoms with Gasteiger partial charge in [-0.05, 0) is 6.07 Å². The third-order valence-electron chi connectivity index (χ3n) is 1.22. The van der Waals surface area contributed by atoms with Crippen molar-refractivity contribution in [1.29, 1.82) is 0 Å². The Morgan fingerprint density at radius 1 is 1.18 bits per heavy atom. The fourth-order valence-corrected chi connectivity index (χ4v) is 0.656. The highest BCUT2D eigenvalue weighted by atomic mass is 16.8. The second-order valence-corrected chi connectivity index (χ2v) is 2.01. The quantitative estimate of drug-likeness (QED) is 0.251. The van der Waals surface area contributed by atoms with Crippen LogP contribution in [0.25, 0.3) is 0 Å². The van der Waals surface area contributed by atoms with E-state index in [1.807, 2.05) is 0 Å². The van der Waals surface area contributed by atoms with Crippen LogP contribution in [0.1, 0.15) is 0 Å². The molecule has 0 fully saturated rings. The van der Waals surface area contributed by atoms with E-state index in [0.29, 0.717) is 0 Å². The Hall–Kier alpha value is -1.30. The Labute approximate surface area is 62.3 Å². The molecule has 0 aliphatic carbocycles. The SMILES string of the molecule is [O-][NH+](O)c1ccc(O)c(O)c1. The summed E-state index contributed by atoms with van der Waals surface area (Å²) in [7, 11) is 0. The Morgan fingerprint density at radius 3 is 2.27 bits per heavy atom. The molecule has 0 aliphatic rings. The Balaban J connectivity index is 3.05. The van der Waals surface area contributed by atoms with Gasteiger partial charge in [0.1, 0.15) is 0 Å². The molecule has 0 aromatic heterocycles. The monoisotopic (exact) mass is 157 g/mol. The fourth-order valence-electron chi connectivity index (χ4n) is 0.656. The summed E-state index contributed by atoms with van der Waals surface area (Å²) >= 11 is 0. The third-order valence-corrected chi connectivity index (χ3v) is 1.22. The maximum absolute atomic E-state index is 10.3. The van der Waals surface area contributed by atoms with E-state index in [4.69, 9.17) is 15.4 Å². The van der Waals surface area contributed by atoms with Crippen LogP contribution in [0.2, 0.25) is 0 Å². The van der Waals surface area contributed by atoms with Gasteiger partial charge in [0.25, 0.3) is 0 Å². The fraction of sp³-hybridized carbons (Fsp3) is 0. The van der Waals surface area contributed by atoms with Crippen molar-refractivity contribution in [2.75, 3.05) is 0 Å². The molecule has 5 nitrogen and oxygen atoms in total. The predicted molar refractivity (Wildman–Crippen MR) is 35.5 cm³/mol. The highest BCUT2D eigenvalue weighted by molar-refractivity contribution is 5.46. The molecule has 5 heteroatoms. The average Bonchev–Trinajstić information content (AvgIpc) is 1.94. The second kappa shape index (κ2) is 2.75. The number of phenols is 2. The van der Waals surface area contributed by atoms with Gasteiger partial charge in [0.2, 0.25) is 0 Å². The van der Waals surface area contributed by atoms with E-state index in [2.05, 4.69) is 0 Å². The van der Waals surface area contributed by atoms with Crippen molar-refractivity contribution < 1.29 is 20.6 Å². The highest BCUT2D eigenvalue weighted by Gasteiger charge is 2.04. The number of rotatable bonds is 1. The minimum absolute atomic E-state index is 0.0553. The molecular formula is C6H7NO4. The first-order chi connectivity index (χ1) is 5.11. The van der Waals surface area contributed by atoms with Crippen molar-refractivity contribution in [2.24, 2.45) is 0 Å². The number of phenolic OH excluding ortho intramolecular Hbond substituents is 2. The molecule has 0 saturated heterocycles. The normalized spacial score (nSPS) is 12.9. The summed E-state index contributed by atoms with van der Waals surface area (Å²) in [5.41, 5.74) is -0.0553. The van der Waals surface area contributed by atoms with Gasteiger partial charge >= 0.3 is 0 Å². The molecule has 1 atom stereocenters. The summed E-state index contributed by atoms with van der Waals surface area (Å²) in [5.74, 6) is -0.750. The van der Waals surface area contributed by atoms with Gasteiger partial charge < -0.3 is 15.4 Å². The Kier molecular flexibility index (Phi) is 1.95. The van der Waals surface area contributed by atoms with Crippen molar-refractivity contribution in [2.45, 2.75) is 0 Å². The van der Waals surface area contributed by atoms with Gasteiger partial charge in [-0.15, -0.1) is 0 Å². The number of aromatic hydroxyl groups is 2. The highest BCUT2D eigenvalue weighted by Crippen LogP contribution is 2.25. The van der Waals surface area contributed by atoms with Crippen LogP contribution in [0.15, 0.2) is 18.2 Å². The van der Waals surface area contributed by atoms with Crippen molar-refractivity contribution in [3.8, 4) is 11.5 Å². The van der Waals surface area contributed by atoms with E-state index in [-0.39, 0.29) is 11.4 Å². The van der Waals surface area contributed by atoms with Gasteiger partial charge in [0.05, 0.1) is 0 Å². The molecule has 11 heavy (non-hydrogen) atoms. The van der Waals surface area contributed by atoms with Gasteiger partial charge in [0.15, 0.2) is 17.2 Å². The molecule has 1 aromatic rings. The minimum Gasteiger partial charge on any atom is -0.595 e. The predicted octanol–water partition coefficient (Wildman–Crippen LogP) is -0.499. The maximum atomic E-state index is 10.3. The molecule has 60 valence electrons. The molecule has 0 amide bonds. The molecular weight excluding hydrogens is 150 g/mol. The van der Waals surface area contributed by atoms with Crippen molar-refractivity contribution in [1.82, 2.24) is 0 Å². The number of hydrogen-bond acceptors (Lipinski definition) is 4. The lowest BCUT2D eigenvalue weighted by Gasteiger charge is -2.11. The van der Waals surface area contributed by atoms with Crippen LogP contribution in [-0.2, 0) is 0 Å². The zero-order valence-electron chi connectivity index (χ0n) is 5.48. The molecule has 4 N–H and O–H groups in total. The van der Waals surface area contributed by atoms with Crippen LogP contribution >= 0.6 is 0 Å². The van der Waals surface area contributed by atoms with Crippen molar-refractivity contribution in [3.05, 3.63) is 23.4 Å². The molecule has 0 saturated carbocycles. The van der Waals surface area contributed by atoms with E-state index < -0.39 is 11.0 Å². The van der Waals surface area contributed by atoms with E-state index in [1.54, 1.807) is 0 Å². The van der Waals surface area contributed by atoms with Crippen LogP contribution in [-0.4, -0.2) is 15.4 Å². The molecule has 1 unspecified atom stereocenters. The minimum atomic E-state index is -1.14. The maximum Gasteiger partial charge on any atom is 0.167 e. The Morgan fingerprint density at radius 2 is 1.82 bits per heavy atom. The van der Waals surface area contributed by atoms with E-state index in [1.165, 1.54) is 6.07 Å². The lowest BCUT2D eigenvalue weighted by atomic mass is 10.3. The van der Waals surface area contributed by atoms with E-state index >= 15 is 0 Å². The largest absolute Gasteiger partial charge is 0.595 e. The molecule has 0 aliphatic heterocycles. The van der Waals surface area contributed by atoms with Crippen LogP contribution in [0.3, 0.4) is 0 Å². The van der Waals surface area contributed by atoms with Crippen molar-refractivity contribution >= 4 is 5.69 Å². The number of hydrogen-bond donors (Lipinski definition) is 4. The molecule has 0 bridgehead atoms. The lowest BCUT2D eigenvalue weighted by Crippen LogP contribution is -2.99. The summed E-state index contributed by atoms with van der Waals surface area (Å²) in [6, 6.07) is 3.31. The van der Waals surface area contributed by atoms with Crippen LogP contribution in [0, 0.1) is 5.21 Å². The summed E-state index contributed by atoms with van der Waals surface area (Å²) in [6.45, 7) is 0. The second-order valence-electron chi connectivity index (χ2n) is 2.01. The van der Waals surface area contributed by atoms with E-state index in [9.17, 15) is 5.21 Å². The summed E-state index contributed by atoms with van der Waals surface area (Å²) < 4.78 is 0. The first-order valence-electron chi connectivity index (χ1n) is 2.86. The molecule has 0 radical (unpaired) electrons. The smallest absolute Gasteiger partial charge is 0.167 e. The topological polar surface area (TPSA) is 88.2 Å². The summed E-state index contributed by atoms with van der Waals surface area (Å²) in [5, 5.41) is 35.2. The summed E-state index contributed by atoms with van der Waals surface area (Å²) in [4.78, 5) is 0. The van der Waals surface area contributed by atoms with Gasteiger partial charge in [-0.3, -0.25) is 0 Å². The third kappa shape index (κ3) is 1.58. The molecule has 1 rings (SSSR count). The number of nitrogens with one attached hydrogen (secondary N) is 1. The molecule has 0 spiro atoms. The average molecular weight is 157 g/mol. The van der Waals surface area contributed by atoms with E-state index in [0.717, 1.165) is 12.1 Å². The lowest BCUT2D eigenvalue weighted by molar-refractivity contribution is -0.991. The number of quaternary nitrogens is 1. The van der Waals surface area contributed by atoms with Gasteiger partial charge in [-0.1, -0.05) is 0 Å².